The van der Waals surface area contributed by atoms with Gasteiger partial charge in [0.15, 0.2) is 11.7 Å². The largest absolute Gasteiger partial charge is 0.509 e. The molecule has 0 radical (unpaired) electrons. The summed E-state index contributed by atoms with van der Waals surface area (Å²) in [5, 5.41) is 0. The van der Waals surface area contributed by atoms with E-state index in [-0.39, 0.29) is 23.4 Å². The normalized spacial score (nSPS) is 26.8. The minimum Gasteiger partial charge on any atom is -0.426 e. The van der Waals surface area contributed by atoms with Crippen molar-refractivity contribution < 1.29 is 28.6 Å². The van der Waals surface area contributed by atoms with Crippen molar-refractivity contribution in [1.29, 1.82) is 0 Å². The molecular weight excluding hydrogens is 372 g/mol. The van der Waals surface area contributed by atoms with Crippen LogP contribution in [0.4, 0.5) is 4.79 Å². The topological polar surface area (TPSA) is 78.9 Å². The van der Waals surface area contributed by atoms with Gasteiger partial charge in [-0.25, -0.2) is 4.79 Å². The average molecular weight is 413 g/mol. The lowest BCUT2D eigenvalue weighted by atomic mass is 9.78. The summed E-state index contributed by atoms with van der Waals surface area (Å²) in [5.74, 6) is -0.307. The predicted molar refractivity (Wildman–Crippen MR) is 112 cm³/mol. The van der Waals surface area contributed by atoms with Crippen LogP contribution in [-0.4, -0.2) is 42.1 Å². The summed E-state index contributed by atoms with van der Waals surface area (Å²) in [6.07, 6.45) is 2.93. The van der Waals surface area contributed by atoms with E-state index in [2.05, 4.69) is 0 Å². The van der Waals surface area contributed by atoms with E-state index in [4.69, 9.17) is 14.2 Å². The highest BCUT2D eigenvalue weighted by atomic mass is 16.8. The van der Waals surface area contributed by atoms with Crippen LogP contribution in [0.15, 0.2) is 0 Å². The van der Waals surface area contributed by atoms with Gasteiger partial charge in [-0.15, -0.1) is 0 Å². The van der Waals surface area contributed by atoms with E-state index in [1.54, 1.807) is 7.11 Å². The van der Waals surface area contributed by atoms with Crippen LogP contribution in [-0.2, 0) is 23.8 Å². The number of carbonyl (C=O) groups is 3. The summed E-state index contributed by atoms with van der Waals surface area (Å²) in [7, 11) is 1.67. The van der Waals surface area contributed by atoms with Crippen molar-refractivity contribution in [2.24, 2.45) is 17.8 Å². The van der Waals surface area contributed by atoms with Gasteiger partial charge in [-0.05, 0) is 46.0 Å². The summed E-state index contributed by atoms with van der Waals surface area (Å²) >= 11 is 0. The first kappa shape index (κ1) is 25.6. The molecular formula is C23H40O6. The second-order valence-corrected chi connectivity index (χ2v) is 9.12. The quantitative estimate of drug-likeness (QED) is 0.391. The van der Waals surface area contributed by atoms with E-state index in [1.165, 1.54) is 0 Å². The Morgan fingerprint density at radius 2 is 1.83 bits per heavy atom. The molecule has 1 rings (SSSR count). The highest BCUT2D eigenvalue weighted by Crippen LogP contribution is 2.37. The van der Waals surface area contributed by atoms with Crippen LogP contribution >= 0.6 is 0 Å². The van der Waals surface area contributed by atoms with Crippen molar-refractivity contribution in [1.82, 2.24) is 0 Å². The van der Waals surface area contributed by atoms with Crippen LogP contribution in [0, 0.1) is 17.8 Å². The Hall–Kier alpha value is -1.43. The van der Waals surface area contributed by atoms with E-state index in [1.807, 2.05) is 48.5 Å². The first-order valence-electron chi connectivity index (χ1n) is 10.9. The molecule has 0 bridgehead atoms. The van der Waals surface area contributed by atoms with Gasteiger partial charge in [-0.2, -0.15) is 0 Å². The molecule has 6 heteroatoms. The Morgan fingerprint density at radius 1 is 1.21 bits per heavy atom. The summed E-state index contributed by atoms with van der Waals surface area (Å²) in [6, 6.07) is 0. The molecule has 29 heavy (non-hydrogen) atoms. The van der Waals surface area contributed by atoms with Crippen LogP contribution in [0.5, 0.6) is 0 Å². The number of carbonyl (C=O) groups excluding carboxylic acids is 3. The third-order valence-corrected chi connectivity index (χ3v) is 6.70. The van der Waals surface area contributed by atoms with Crippen LogP contribution in [0.1, 0.15) is 87.0 Å². The standard InChI is InChI=1S/C23H40O6/c1-9-18(24)15(3)12-11-13-22(6,27-8)14-16(4)19(25)17(5)20-23(7,10-2)29-21(26)28-20/h15-17,20H,9-14H2,1-8H3/t15?,16-,17+,20?,22?,23-/m1/s1. The smallest absolute Gasteiger partial charge is 0.426 e. The molecule has 0 aromatic heterocycles. The van der Waals surface area contributed by atoms with Crippen LogP contribution < -0.4 is 0 Å². The molecule has 3 unspecified atom stereocenters. The van der Waals surface area contributed by atoms with Gasteiger partial charge in [-0.1, -0.05) is 34.6 Å². The zero-order valence-corrected chi connectivity index (χ0v) is 19.5. The number of ketones is 2. The molecule has 6 atom stereocenters. The average Bonchev–Trinajstić information content (AvgIpc) is 3.00. The maximum atomic E-state index is 13.1. The van der Waals surface area contributed by atoms with Crippen LogP contribution in [0.25, 0.3) is 0 Å². The second-order valence-electron chi connectivity index (χ2n) is 9.12. The van der Waals surface area contributed by atoms with Crippen molar-refractivity contribution in [2.45, 2.75) is 104 Å². The third kappa shape index (κ3) is 6.53. The lowest BCUT2D eigenvalue weighted by Gasteiger charge is -2.34. The van der Waals surface area contributed by atoms with Crippen molar-refractivity contribution in [3.63, 3.8) is 0 Å². The lowest BCUT2D eigenvalue weighted by molar-refractivity contribution is -0.133. The van der Waals surface area contributed by atoms with E-state index in [0.29, 0.717) is 19.3 Å². The van der Waals surface area contributed by atoms with Gasteiger partial charge in [-0.3, -0.25) is 9.59 Å². The molecule has 1 fully saturated rings. The summed E-state index contributed by atoms with van der Waals surface area (Å²) in [6.45, 7) is 13.3. The van der Waals surface area contributed by atoms with Gasteiger partial charge in [0.05, 0.1) is 11.5 Å². The predicted octanol–water partition coefficient (Wildman–Crippen LogP) is 5.11. The molecule has 0 saturated carbocycles. The molecule has 0 aromatic carbocycles. The SMILES string of the molecule is CCC(=O)C(C)CCCC(C)(C[C@@H](C)C(=O)[C@H](C)C1OC(=O)O[C@]1(C)CC)OC. The van der Waals surface area contributed by atoms with Gasteiger partial charge >= 0.3 is 6.16 Å². The lowest BCUT2D eigenvalue weighted by Crippen LogP contribution is -2.45. The van der Waals surface area contributed by atoms with Gasteiger partial charge < -0.3 is 14.2 Å². The fourth-order valence-corrected chi connectivity index (χ4v) is 4.33. The summed E-state index contributed by atoms with van der Waals surface area (Å²) in [4.78, 5) is 36.5. The fraction of sp³-hybridized carbons (Fsp3) is 0.870. The Morgan fingerprint density at radius 3 is 2.34 bits per heavy atom. The molecule has 0 aromatic rings. The summed E-state index contributed by atoms with van der Waals surface area (Å²) < 4.78 is 16.4. The van der Waals surface area contributed by atoms with Crippen molar-refractivity contribution >= 4 is 17.7 Å². The Labute approximate surface area is 176 Å². The van der Waals surface area contributed by atoms with E-state index >= 15 is 0 Å². The number of methoxy groups -OCH3 is 1. The monoisotopic (exact) mass is 412 g/mol. The second kappa shape index (κ2) is 10.6. The molecule has 168 valence electrons. The number of rotatable bonds is 13. The first-order valence-corrected chi connectivity index (χ1v) is 10.9. The van der Waals surface area contributed by atoms with E-state index < -0.39 is 29.4 Å². The molecule has 1 heterocycles. The van der Waals surface area contributed by atoms with Gasteiger partial charge in [0.2, 0.25) is 0 Å². The van der Waals surface area contributed by atoms with E-state index in [9.17, 15) is 14.4 Å². The van der Waals surface area contributed by atoms with Crippen molar-refractivity contribution in [3.8, 4) is 0 Å². The molecule has 0 spiro atoms. The van der Waals surface area contributed by atoms with Gasteiger partial charge in [0.25, 0.3) is 0 Å². The Balaban J connectivity index is 2.70. The Bertz CT molecular complexity index is 588. The van der Waals surface area contributed by atoms with Gasteiger partial charge in [0, 0.05) is 25.4 Å². The molecule has 1 aliphatic rings. The van der Waals surface area contributed by atoms with E-state index in [0.717, 1.165) is 19.3 Å². The number of ether oxygens (including phenoxy) is 3. The zero-order valence-electron chi connectivity index (χ0n) is 19.5. The molecule has 1 aliphatic heterocycles. The van der Waals surface area contributed by atoms with Crippen LogP contribution in [0.2, 0.25) is 0 Å². The highest BCUT2D eigenvalue weighted by Gasteiger charge is 2.51. The summed E-state index contributed by atoms with van der Waals surface area (Å²) in [5.41, 5.74) is -1.22. The third-order valence-electron chi connectivity index (χ3n) is 6.70. The Kier molecular flexibility index (Phi) is 9.32. The number of Topliss-reactive ketones (excluding diaryl/α,β-unsaturated/α-hetero) is 2. The number of cyclic esters (lactones) is 2. The minimum absolute atomic E-state index is 0.0470. The highest BCUT2D eigenvalue weighted by molar-refractivity contribution is 5.84. The molecule has 0 amide bonds. The molecule has 6 nitrogen and oxygen atoms in total. The molecule has 0 N–H and O–H groups in total. The fourth-order valence-electron chi connectivity index (χ4n) is 4.33. The first-order chi connectivity index (χ1) is 13.4. The molecule has 1 saturated heterocycles. The number of hydrogen-bond acceptors (Lipinski definition) is 6. The van der Waals surface area contributed by atoms with Crippen LogP contribution in [0.3, 0.4) is 0 Å². The maximum absolute atomic E-state index is 13.1. The maximum Gasteiger partial charge on any atom is 0.509 e. The van der Waals surface area contributed by atoms with Gasteiger partial charge in [0.1, 0.15) is 11.6 Å². The minimum atomic E-state index is -0.779. The van der Waals surface area contributed by atoms with Crippen molar-refractivity contribution in [3.05, 3.63) is 0 Å². The molecule has 0 aliphatic carbocycles. The van der Waals surface area contributed by atoms with Crippen molar-refractivity contribution in [2.75, 3.05) is 7.11 Å². The number of hydrogen-bond donors (Lipinski definition) is 0. The zero-order chi connectivity index (χ0) is 22.4.